The Bertz CT molecular complexity index is 355. The Balaban J connectivity index is 3.05. The molecule has 3 heteroatoms. The van der Waals surface area contributed by atoms with E-state index in [1.54, 1.807) is 6.92 Å². The van der Waals surface area contributed by atoms with Crippen molar-refractivity contribution >= 4 is 22.6 Å². The van der Waals surface area contributed by atoms with E-state index in [2.05, 4.69) is 4.74 Å². The highest BCUT2D eigenvalue weighted by molar-refractivity contribution is 6.50. The Labute approximate surface area is 88.1 Å². The van der Waals surface area contributed by atoms with Crippen molar-refractivity contribution in [3.8, 4) is 0 Å². The van der Waals surface area contributed by atoms with Gasteiger partial charge in [0.2, 0.25) is 0 Å². The first-order valence-electron chi connectivity index (χ1n) is 4.17. The van der Waals surface area contributed by atoms with Gasteiger partial charge in [-0.1, -0.05) is 41.9 Å². The number of esters is 1. The van der Waals surface area contributed by atoms with Crippen molar-refractivity contribution in [2.45, 2.75) is 6.92 Å². The van der Waals surface area contributed by atoms with Crippen LogP contribution in [-0.4, -0.2) is 13.1 Å². The molecule has 1 aromatic carbocycles. The van der Waals surface area contributed by atoms with Crippen LogP contribution in [-0.2, 0) is 9.53 Å². The van der Waals surface area contributed by atoms with Crippen molar-refractivity contribution in [2.75, 3.05) is 7.11 Å². The molecule has 0 aliphatic carbocycles. The smallest absolute Gasteiger partial charge is 0.334 e. The second-order valence-corrected chi connectivity index (χ2v) is 3.17. The third-order valence-corrected chi connectivity index (χ3v) is 2.35. The number of rotatable bonds is 2. The number of benzene rings is 1. The van der Waals surface area contributed by atoms with Gasteiger partial charge in [-0.05, 0) is 12.5 Å². The Morgan fingerprint density at radius 1 is 1.29 bits per heavy atom. The van der Waals surface area contributed by atoms with Crippen LogP contribution < -0.4 is 0 Å². The highest BCUT2D eigenvalue weighted by Gasteiger charge is 2.10. The molecule has 0 bridgehead atoms. The SMILES string of the molecule is COC(=O)C(C)=C(Cl)c1ccccc1. The average molecular weight is 211 g/mol. The van der Waals surface area contributed by atoms with Crippen molar-refractivity contribution in [1.29, 1.82) is 0 Å². The fourth-order valence-corrected chi connectivity index (χ4v) is 1.25. The zero-order valence-corrected chi connectivity index (χ0v) is 8.84. The summed E-state index contributed by atoms with van der Waals surface area (Å²) in [4.78, 5) is 11.2. The molecule has 0 aromatic heterocycles. The molecule has 0 unspecified atom stereocenters. The van der Waals surface area contributed by atoms with Crippen LogP contribution in [0.5, 0.6) is 0 Å². The molecule has 1 rings (SSSR count). The summed E-state index contributed by atoms with van der Waals surface area (Å²) in [6.07, 6.45) is 0. The summed E-state index contributed by atoms with van der Waals surface area (Å²) < 4.78 is 4.57. The van der Waals surface area contributed by atoms with Crippen LogP contribution in [0.2, 0.25) is 0 Å². The second kappa shape index (κ2) is 4.82. The molecule has 74 valence electrons. The second-order valence-electron chi connectivity index (χ2n) is 2.80. The summed E-state index contributed by atoms with van der Waals surface area (Å²) in [6, 6.07) is 9.30. The number of carbonyl (C=O) groups excluding carboxylic acids is 1. The van der Waals surface area contributed by atoms with Crippen molar-refractivity contribution in [3.63, 3.8) is 0 Å². The van der Waals surface area contributed by atoms with Crippen LogP contribution in [0.1, 0.15) is 12.5 Å². The molecule has 1 aromatic rings. The molecular formula is C11H11ClO2. The molecule has 0 saturated carbocycles. The maximum atomic E-state index is 11.2. The first kappa shape index (κ1) is 10.8. The predicted octanol–water partition coefficient (Wildman–Crippen LogP) is 2.83. The van der Waals surface area contributed by atoms with Gasteiger partial charge in [0.1, 0.15) is 0 Å². The topological polar surface area (TPSA) is 26.3 Å². The summed E-state index contributed by atoms with van der Waals surface area (Å²) in [6.45, 7) is 1.64. The summed E-state index contributed by atoms with van der Waals surface area (Å²) in [5, 5.41) is 0.428. The monoisotopic (exact) mass is 210 g/mol. The highest BCUT2D eigenvalue weighted by Crippen LogP contribution is 2.22. The van der Waals surface area contributed by atoms with Crippen molar-refractivity contribution < 1.29 is 9.53 Å². The molecule has 0 saturated heterocycles. The third-order valence-electron chi connectivity index (χ3n) is 1.85. The van der Waals surface area contributed by atoms with Gasteiger partial charge in [-0.3, -0.25) is 0 Å². The van der Waals surface area contributed by atoms with E-state index < -0.39 is 5.97 Å². The van der Waals surface area contributed by atoms with Gasteiger partial charge in [-0.15, -0.1) is 0 Å². The number of hydrogen-bond acceptors (Lipinski definition) is 2. The Hall–Kier alpha value is -1.28. The van der Waals surface area contributed by atoms with E-state index in [1.165, 1.54) is 7.11 Å². The van der Waals surface area contributed by atoms with Gasteiger partial charge >= 0.3 is 5.97 Å². The molecular weight excluding hydrogens is 200 g/mol. The standard InChI is InChI=1S/C11H11ClO2/c1-8(11(13)14-2)10(12)9-6-4-3-5-7-9/h3-7H,1-2H3. The fraction of sp³-hybridized carbons (Fsp3) is 0.182. The van der Waals surface area contributed by atoms with Gasteiger partial charge in [0.25, 0.3) is 0 Å². The summed E-state index contributed by atoms with van der Waals surface area (Å²) in [5.41, 5.74) is 1.23. The van der Waals surface area contributed by atoms with Crippen LogP contribution in [0.3, 0.4) is 0 Å². The summed E-state index contributed by atoms with van der Waals surface area (Å²) in [7, 11) is 1.33. The van der Waals surface area contributed by atoms with E-state index in [-0.39, 0.29) is 0 Å². The van der Waals surface area contributed by atoms with E-state index in [4.69, 9.17) is 11.6 Å². The first-order chi connectivity index (χ1) is 6.66. The molecule has 0 aliphatic rings. The Morgan fingerprint density at radius 3 is 2.36 bits per heavy atom. The van der Waals surface area contributed by atoms with E-state index in [1.807, 2.05) is 30.3 Å². The van der Waals surface area contributed by atoms with Gasteiger partial charge in [0.15, 0.2) is 0 Å². The number of carbonyl (C=O) groups is 1. The van der Waals surface area contributed by atoms with Gasteiger partial charge < -0.3 is 4.74 Å². The van der Waals surface area contributed by atoms with Crippen LogP contribution in [0.4, 0.5) is 0 Å². The number of hydrogen-bond donors (Lipinski definition) is 0. The summed E-state index contributed by atoms with van der Waals surface area (Å²) >= 11 is 6.01. The first-order valence-corrected chi connectivity index (χ1v) is 4.54. The molecule has 0 atom stereocenters. The van der Waals surface area contributed by atoms with E-state index in [0.29, 0.717) is 10.6 Å². The largest absolute Gasteiger partial charge is 0.466 e. The van der Waals surface area contributed by atoms with Gasteiger partial charge in [-0.25, -0.2) is 4.79 Å². The minimum Gasteiger partial charge on any atom is -0.466 e. The lowest BCUT2D eigenvalue weighted by molar-refractivity contribution is -0.135. The van der Waals surface area contributed by atoms with Crippen LogP contribution >= 0.6 is 11.6 Å². The molecule has 0 fully saturated rings. The number of halogens is 1. The predicted molar refractivity (Wildman–Crippen MR) is 56.9 cm³/mol. The minimum absolute atomic E-state index is 0.404. The molecule has 0 radical (unpaired) electrons. The Morgan fingerprint density at radius 2 is 1.86 bits per heavy atom. The fourth-order valence-electron chi connectivity index (χ4n) is 1.04. The van der Waals surface area contributed by atoms with Crippen LogP contribution in [0.25, 0.3) is 5.03 Å². The maximum absolute atomic E-state index is 11.2. The van der Waals surface area contributed by atoms with Crippen LogP contribution in [0.15, 0.2) is 35.9 Å². The van der Waals surface area contributed by atoms with Crippen molar-refractivity contribution in [2.24, 2.45) is 0 Å². The molecule has 0 amide bonds. The quantitative estimate of drug-likeness (QED) is 0.554. The molecule has 2 nitrogen and oxygen atoms in total. The molecule has 14 heavy (non-hydrogen) atoms. The lowest BCUT2D eigenvalue weighted by Gasteiger charge is -2.03. The molecule has 0 aliphatic heterocycles. The number of ether oxygens (including phenoxy) is 1. The lowest BCUT2D eigenvalue weighted by Crippen LogP contribution is -2.02. The maximum Gasteiger partial charge on any atom is 0.334 e. The van der Waals surface area contributed by atoms with Gasteiger partial charge in [0.05, 0.1) is 17.7 Å². The Kier molecular flexibility index (Phi) is 3.72. The number of methoxy groups -OCH3 is 1. The molecule has 0 spiro atoms. The van der Waals surface area contributed by atoms with Gasteiger partial charge in [0, 0.05) is 0 Å². The highest BCUT2D eigenvalue weighted by atomic mass is 35.5. The molecule has 0 N–H and O–H groups in total. The zero-order valence-electron chi connectivity index (χ0n) is 8.08. The van der Waals surface area contributed by atoms with Gasteiger partial charge in [-0.2, -0.15) is 0 Å². The van der Waals surface area contributed by atoms with E-state index in [0.717, 1.165) is 5.56 Å². The zero-order chi connectivity index (χ0) is 10.6. The van der Waals surface area contributed by atoms with Crippen LogP contribution in [0, 0.1) is 0 Å². The lowest BCUT2D eigenvalue weighted by atomic mass is 10.1. The molecule has 0 heterocycles. The van der Waals surface area contributed by atoms with Crippen molar-refractivity contribution in [1.82, 2.24) is 0 Å². The van der Waals surface area contributed by atoms with E-state index in [9.17, 15) is 4.79 Å². The van der Waals surface area contributed by atoms with Crippen molar-refractivity contribution in [3.05, 3.63) is 41.5 Å². The summed E-state index contributed by atoms with van der Waals surface area (Å²) in [5.74, 6) is -0.404. The van der Waals surface area contributed by atoms with E-state index >= 15 is 0 Å². The normalized spacial score (nSPS) is 11.9. The third kappa shape index (κ3) is 2.36. The average Bonchev–Trinajstić information content (AvgIpc) is 2.27. The minimum atomic E-state index is -0.404.